The predicted octanol–water partition coefficient (Wildman–Crippen LogP) is -2.68. The van der Waals surface area contributed by atoms with Crippen molar-refractivity contribution in [1.29, 1.82) is 0 Å². The second-order valence-corrected chi connectivity index (χ2v) is 11.0. The fourth-order valence-electron chi connectivity index (χ4n) is 3.84. The van der Waals surface area contributed by atoms with Crippen LogP contribution in [0.15, 0.2) is 41.0 Å². The molecule has 0 amide bonds. The Morgan fingerprint density at radius 1 is 0.765 bits per heavy atom. The maximum absolute atomic E-state index is 12.8. The Bertz CT molecular complexity index is 1750. The smallest absolute Gasteiger partial charge is 0.268 e. The first-order valence-corrected chi connectivity index (χ1v) is 11.9. The highest BCUT2D eigenvalue weighted by atomic mass is 32.2. The van der Waals surface area contributed by atoms with E-state index in [0.717, 1.165) is 12.1 Å². The van der Waals surface area contributed by atoms with Crippen molar-refractivity contribution in [2.24, 2.45) is 0 Å². The maximum atomic E-state index is 12.8. The summed E-state index contributed by atoms with van der Waals surface area (Å²) in [6.07, 6.45) is -5.14. The van der Waals surface area contributed by atoms with Crippen LogP contribution in [0.1, 0.15) is 20.7 Å². The van der Waals surface area contributed by atoms with Crippen molar-refractivity contribution < 1.29 is 55.7 Å². The molecule has 2 aliphatic heterocycles. The number of aliphatic hydroxyl groups is 2. The van der Waals surface area contributed by atoms with Crippen molar-refractivity contribution in [1.82, 2.24) is 10.3 Å². The lowest BCUT2D eigenvalue weighted by atomic mass is 9.96. The Kier molecular flexibility index (Phi) is 3.58. The molecule has 0 aliphatic carbocycles. The second kappa shape index (κ2) is 5.91. The number of nitrogens with zero attached hydrogens (tertiary/aromatic N) is 4. The summed E-state index contributed by atoms with van der Waals surface area (Å²) in [7, 11) is -8.28. The molecule has 0 fully saturated rings. The van der Waals surface area contributed by atoms with Gasteiger partial charge in [-0.15, -0.1) is 0 Å². The molecule has 2 unspecified atom stereocenters. The Labute approximate surface area is 185 Å². The van der Waals surface area contributed by atoms with Gasteiger partial charge in [-0.05, 0) is 9.81 Å². The minimum Gasteiger partial charge on any atom is -0.382 e. The molecular formula is C16H6N4O12S2. The molecule has 4 aromatic rings. The molecule has 16 nitrogen and oxygen atoms in total. The van der Waals surface area contributed by atoms with Crippen molar-refractivity contribution in [3.63, 3.8) is 0 Å². The number of sulfone groups is 2. The third-order valence-corrected chi connectivity index (χ3v) is 8.93. The molecule has 174 valence electrons. The van der Waals surface area contributed by atoms with E-state index in [2.05, 4.69) is 19.6 Å². The largest absolute Gasteiger partial charge is 0.382 e. The first-order chi connectivity index (χ1) is 15.9. The maximum Gasteiger partial charge on any atom is 0.268 e. The standard InChI is InChI=1S/C16H6N4O12S2/c21-9(3-1-5-7(17-31-19(5)25)15-13(3)33(15,27)28)11(23)12(24)10(22)4-2-6-8(18-32-20(6)26)16-14(4)34(16,29)30/h1-2,11-12,23-24H. The van der Waals surface area contributed by atoms with Gasteiger partial charge in [-0.1, -0.05) is 0 Å². The molecule has 2 aliphatic rings. The molecule has 6 rings (SSSR count). The number of hydrogen-bond acceptors (Lipinski definition) is 14. The lowest BCUT2D eigenvalue weighted by molar-refractivity contribution is -0.782. The van der Waals surface area contributed by atoms with E-state index in [4.69, 9.17) is 0 Å². The molecule has 0 bridgehead atoms. The van der Waals surface area contributed by atoms with Crippen LogP contribution < -0.4 is 9.81 Å². The Balaban J connectivity index is 1.41. The average Bonchev–Trinajstić information content (AvgIpc) is 3.37. The number of rotatable bonds is 5. The first kappa shape index (κ1) is 20.6. The topological polar surface area (TPSA) is 249 Å². The molecule has 2 N–H and O–H groups in total. The van der Waals surface area contributed by atoms with Gasteiger partial charge in [-0.3, -0.25) is 18.8 Å². The highest BCUT2D eigenvalue weighted by Crippen LogP contribution is 2.48. The van der Waals surface area contributed by atoms with Gasteiger partial charge in [0.25, 0.3) is 11.0 Å². The number of hydrogen-bond donors (Lipinski definition) is 2. The van der Waals surface area contributed by atoms with Gasteiger partial charge in [0.2, 0.25) is 30.7 Å². The van der Waals surface area contributed by atoms with E-state index in [1.807, 2.05) is 0 Å². The number of aromatic nitrogens is 4. The lowest BCUT2D eigenvalue weighted by Crippen LogP contribution is -2.40. The van der Waals surface area contributed by atoms with E-state index < -0.39 is 85.2 Å². The van der Waals surface area contributed by atoms with Crippen LogP contribution in [0.2, 0.25) is 0 Å². The van der Waals surface area contributed by atoms with Crippen molar-refractivity contribution in [3.05, 3.63) is 33.7 Å². The minimum atomic E-state index is -4.14. The summed E-state index contributed by atoms with van der Waals surface area (Å²) in [4.78, 5) is 23.2. The third-order valence-electron chi connectivity index (χ3n) is 5.54. The predicted molar refractivity (Wildman–Crippen MR) is 97.5 cm³/mol. The number of carbonyl (C=O) groups excluding carboxylic acids is 2. The van der Waals surface area contributed by atoms with Gasteiger partial charge in [0, 0.05) is 33.6 Å². The fourth-order valence-corrected chi connectivity index (χ4v) is 7.12. The van der Waals surface area contributed by atoms with Crippen LogP contribution in [0.5, 0.6) is 0 Å². The average molecular weight is 510 g/mol. The van der Waals surface area contributed by atoms with Crippen LogP contribution >= 0.6 is 0 Å². The molecule has 18 heteroatoms. The molecule has 2 aromatic heterocycles. The van der Waals surface area contributed by atoms with Crippen molar-refractivity contribution in [2.75, 3.05) is 0 Å². The zero-order valence-electron chi connectivity index (χ0n) is 15.9. The van der Waals surface area contributed by atoms with E-state index in [1.165, 1.54) is 0 Å². The van der Waals surface area contributed by atoms with Gasteiger partial charge in [0.15, 0.2) is 23.8 Å². The molecule has 0 saturated heterocycles. The van der Waals surface area contributed by atoms with E-state index in [0.29, 0.717) is 0 Å². The number of carbonyl (C=O) groups is 2. The Hall–Kier alpha value is -4.00. The highest BCUT2D eigenvalue weighted by molar-refractivity contribution is 7.97. The van der Waals surface area contributed by atoms with Crippen LogP contribution in [0.4, 0.5) is 0 Å². The zero-order chi connectivity index (χ0) is 24.5. The van der Waals surface area contributed by atoms with Crippen molar-refractivity contribution in [3.8, 4) is 0 Å². The Morgan fingerprint density at radius 3 is 1.47 bits per heavy atom. The normalized spacial score (nSPS) is 18.3. The fraction of sp³-hybridized carbons (Fsp3) is 0.125. The van der Waals surface area contributed by atoms with E-state index in [9.17, 15) is 47.1 Å². The van der Waals surface area contributed by atoms with E-state index in [-0.39, 0.29) is 20.8 Å². The second-order valence-electron chi connectivity index (χ2n) is 7.39. The minimum absolute atomic E-state index is 0.179. The van der Waals surface area contributed by atoms with Crippen LogP contribution in [-0.4, -0.2) is 61.1 Å². The molecule has 0 spiro atoms. The summed E-state index contributed by atoms with van der Waals surface area (Å²) in [6.45, 7) is 0. The van der Waals surface area contributed by atoms with Crippen LogP contribution in [0.3, 0.4) is 0 Å². The molecule has 2 aromatic carbocycles. The van der Waals surface area contributed by atoms with Crippen molar-refractivity contribution in [2.45, 2.75) is 31.8 Å². The summed E-state index contributed by atoms with van der Waals surface area (Å²) in [5.74, 6) is -2.90. The molecule has 0 saturated carbocycles. The summed E-state index contributed by atoms with van der Waals surface area (Å²) >= 11 is 0. The zero-order valence-corrected chi connectivity index (χ0v) is 17.5. The van der Waals surface area contributed by atoms with Gasteiger partial charge in [-0.2, -0.15) is 0 Å². The summed E-state index contributed by atoms with van der Waals surface area (Å²) in [6, 6.07) is 1.53. The first-order valence-electron chi connectivity index (χ1n) is 8.96. The SMILES string of the molecule is O=C(c1cc2c(no[n+]2[O-])c2c1S2(=O)=O)C(O)C(O)C(=O)c1cc2c(no[n+]2[O-])c2c1S2(=O)=O. The van der Waals surface area contributed by atoms with Crippen LogP contribution in [0.25, 0.3) is 22.1 Å². The van der Waals surface area contributed by atoms with Crippen molar-refractivity contribution >= 4 is 53.3 Å². The van der Waals surface area contributed by atoms with Gasteiger partial charge < -0.3 is 20.6 Å². The van der Waals surface area contributed by atoms with E-state index >= 15 is 0 Å². The number of Topliss-reactive ketones (excluding diaryl/α,β-unsaturated/α-hetero) is 2. The summed E-state index contributed by atoms with van der Waals surface area (Å²) < 4.78 is 57.5. The van der Waals surface area contributed by atoms with Gasteiger partial charge >= 0.3 is 0 Å². The number of ketones is 2. The molecule has 0 radical (unpaired) electrons. The summed E-state index contributed by atoms with van der Waals surface area (Å²) in [5, 5.41) is 50.6. The lowest BCUT2D eigenvalue weighted by Gasteiger charge is -2.15. The number of fused-ring (bicyclic) bond motifs is 6. The monoisotopic (exact) mass is 510 g/mol. The summed E-state index contributed by atoms with van der Waals surface area (Å²) in [5.41, 5.74) is -2.99. The van der Waals surface area contributed by atoms with Gasteiger partial charge in [0.1, 0.15) is 19.6 Å². The third kappa shape index (κ3) is 2.31. The van der Waals surface area contributed by atoms with Crippen LogP contribution in [0, 0.1) is 10.4 Å². The quantitative estimate of drug-likeness (QED) is 0.136. The molecule has 4 heterocycles. The van der Waals surface area contributed by atoms with Gasteiger partial charge in [-0.25, -0.2) is 16.8 Å². The number of aliphatic hydroxyl groups excluding tert-OH is 2. The highest BCUT2D eigenvalue weighted by Gasteiger charge is 2.53. The number of benzene rings is 2. The Morgan fingerprint density at radius 2 is 1.12 bits per heavy atom. The molecule has 34 heavy (non-hydrogen) atoms. The molecule has 2 atom stereocenters. The van der Waals surface area contributed by atoms with E-state index in [1.54, 1.807) is 0 Å². The van der Waals surface area contributed by atoms with Gasteiger partial charge in [0.05, 0.1) is 0 Å². The molecular weight excluding hydrogens is 504 g/mol. The van der Waals surface area contributed by atoms with Crippen LogP contribution in [-0.2, 0) is 19.7 Å².